The van der Waals surface area contributed by atoms with Crippen LogP contribution in [0.15, 0.2) is 40.9 Å². The third-order valence-corrected chi connectivity index (χ3v) is 3.71. The molecule has 0 spiro atoms. The van der Waals surface area contributed by atoms with Crippen molar-refractivity contribution in [2.24, 2.45) is 0 Å². The van der Waals surface area contributed by atoms with E-state index < -0.39 is 17.5 Å². The molecule has 0 aliphatic heterocycles. The van der Waals surface area contributed by atoms with Crippen LogP contribution in [0.5, 0.6) is 0 Å². The Morgan fingerprint density at radius 3 is 2.53 bits per heavy atom. The van der Waals surface area contributed by atoms with Gasteiger partial charge >= 0.3 is 0 Å². The van der Waals surface area contributed by atoms with Gasteiger partial charge in [0.2, 0.25) is 0 Å². The Morgan fingerprint density at radius 2 is 1.84 bits per heavy atom. The summed E-state index contributed by atoms with van der Waals surface area (Å²) in [6, 6.07) is 8.50. The Labute approximate surface area is 130 Å². The maximum atomic E-state index is 13.0. The lowest BCUT2D eigenvalue weighted by atomic mass is 10.2. The van der Waals surface area contributed by atoms with Gasteiger partial charge in [-0.2, -0.15) is 0 Å². The fourth-order valence-corrected chi connectivity index (χ4v) is 2.36. The standard InChI is InChI=1S/C13H7BrF2INO/c14-10-3-1-7(17)5-9(10)13(19)18-8-2-4-11(15)12(16)6-8/h1-6H,(H,18,19). The van der Waals surface area contributed by atoms with Crippen molar-refractivity contribution >= 4 is 50.1 Å². The van der Waals surface area contributed by atoms with E-state index in [0.717, 1.165) is 15.7 Å². The zero-order valence-electron chi connectivity index (χ0n) is 9.38. The van der Waals surface area contributed by atoms with Gasteiger partial charge in [0.05, 0.1) is 5.56 Å². The predicted molar refractivity (Wildman–Crippen MR) is 81.2 cm³/mol. The highest BCUT2D eigenvalue weighted by molar-refractivity contribution is 14.1. The first-order valence-corrected chi connectivity index (χ1v) is 7.06. The number of halogens is 4. The molecule has 0 heterocycles. The number of carbonyl (C=O) groups is 1. The molecule has 2 nitrogen and oxygen atoms in total. The monoisotopic (exact) mass is 437 g/mol. The summed E-state index contributed by atoms with van der Waals surface area (Å²) >= 11 is 5.36. The summed E-state index contributed by atoms with van der Waals surface area (Å²) in [7, 11) is 0. The molecule has 1 amide bonds. The molecule has 19 heavy (non-hydrogen) atoms. The van der Waals surface area contributed by atoms with E-state index >= 15 is 0 Å². The van der Waals surface area contributed by atoms with Crippen molar-refractivity contribution in [2.75, 3.05) is 5.32 Å². The highest BCUT2D eigenvalue weighted by Crippen LogP contribution is 2.21. The SMILES string of the molecule is O=C(Nc1ccc(F)c(F)c1)c1cc(I)ccc1Br. The van der Waals surface area contributed by atoms with Crippen LogP contribution in [-0.2, 0) is 0 Å². The first-order valence-electron chi connectivity index (χ1n) is 5.19. The number of hydrogen-bond donors (Lipinski definition) is 1. The van der Waals surface area contributed by atoms with Crippen molar-refractivity contribution in [1.82, 2.24) is 0 Å². The second kappa shape index (κ2) is 5.96. The summed E-state index contributed by atoms with van der Waals surface area (Å²) in [4.78, 5) is 12.0. The molecule has 6 heteroatoms. The van der Waals surface area contributed by atoms with E-state index in [4.69, 9.17) is 0 Å². The summed E-state index contributed by atoms with van der Waals surface area (Å²) in [6.45, 7) is 0. The quantitative estimate of drug-likeness (QED) is 0.684. The summed E-state index contributed by atoms with van der Waals surface area (Å²) < 4.78 is 27.4. The largest absolute Gasteiger partial charge is 0.322 e. The van der Waals surface area contributed by atoms with Crippen LogP contribution in [-0.4, -0.2) is 5.91 Å². The van der Waals surface area contributed by atoms with Crippen molar-refractivity contribution in [3.8, 4) is 0 Å². The molecule has 1 N–H and O–H groups in total. The molecule has 2 rings (SSSR count). The van der Waals surface area contributed by atoms with Gasteiger partial charge in [-0.1, -0.05) is 0 Å². The molecule has 98 valence electrons. The Hall–Kier alpha value is -1.02. The minimum Gasteiger partial charge on any atom is -0.322 e. The zero-order valence-corrected chi connectivity index (χ0v) is 13.1. The number of benzene rings is 2. The van der Waals surface area contributed by atoms with E-state index in [2.05, 4.69) is 43.8 Å². The van der Waals surface area contributed by atoms with Gasteiger partial charge in [-0.25, -0.2) is 8.78 Å². The molecule has 0 aromatic heterocycles. The van der Waals surface area contributed by atoms with Gasteiger partial charge in [0.25, 0.3) is 5.91 Å². The molecule has 0 radical (unpaired) electrons. The summed E-state index contributed by atoms with van der Waals surface area (Å²) in [5.74, 6) is -2.34. The number of nitrogens with one attached hydrogen (secondary N) is 1. The molecule has 2 aromatic rings. The minimum atomic E-state index is -1.00. The third kappa shape index (κ3) is 3.50. The topological polar surface area (TPSA) is 29.1 Å². The number of rotatable bonds is 2. The van der Waals surface area contributed by atoms with Crippen LogP contribution in [0.2, 0.25) is 0 Å². The van der Waals surface area contributed by atoms with Crippen molar-refractivity contribution < 1.29 is 13.6 Å². The van der Waals surface area contributed by atoms with Gasteiger partial charge in [-0.15, -0.1) is 0 Å². The highest BCUT2D eigenvalue weighted by atomic mass is 127. The van der Waals surface area contributed by atoms with E-state index in [1.54, 1.807) is 12.1 Å². The van der Waals surface area contributed by atoms with Crippen LogP contribution < -0.4 is 5.32 Å². The van der Waals surface area contributed by atoms with Crippen LogP contribution in [0.4, 0.5) is 14.5 Å². The van der Waals surface area contributed by atoms with Crippen LogP contribution in [0.1, 0.15) is 10.4 Å². The number of hydrogen-bond acceptors (Lipinski definition) is 1. The molecular formula is C13H7BrF2INO. The lowest BCUT2D eigenvalue weighted by molar-refractivity contribution is 0.102. The van der Waals surface area contributed by atoms with Gasteiger partial charge in [0.15, 0.2) is 11.6 Å². The first-order chi connectivity index (χ1) is 8.97. The molecule has 0 aliphatic rings. The fourth-order valence-electron chi connectivity index (χ4n) is 1.44. The van der Waals surface area contributed by atoms with Gasteiger partial charge in [0, 0.05) is 19.8 Å². The number of carbonyl (C=O) groups excluding carboxylic acids is 1. The van der Waals surface area contributed by atoms with Crippen LogP contribution >= 0.6 is 38.5 Å². The molecule has 2 aromatic carbocycles. The van der Waals surface area contributed by atoms with Gasteiger partial charge in [-0.05, 0) is 68.9 Å². The van der Waals surface area contributed by atoms with Gasteiger partial charge in [0.1, 0.15) is 0 Å². The zero-order chi connectivity index (χ0) is 14.0. The average Bonchev–Trinajstić information content (AvgIpc) is 2.36. The molecule has 0 atom stereocenters. The van der Waals surface area contributed by atoms with E-state index in [0.29, 0.717) is 10.0 Å². The Morgan fingerprint density at radius 1 is 1.11 bits per heavy atom. The summed E-state index contributed by atoms with van der Waals surface area (Å²) in [5, 5.41) is 2.52. The second-order valence-electron chi connectivity index (χ2n) is 3.71. The van der Waals surface area contributed by atoms with E-state index in [-0.39, 0.29) is 5.69 Å². The average molecular weight is 438 g/mol. The molecule has 0 saturated heterocycles. The molecule has 0 fully saturated rings. The van der Waals surface area contributed by atoms with E-state index in [9.17, 15) is 13.6 Å². The van der Waals surface area contributed by atoms with Crippen molar-refractivity contribution in [2.45, 2.75) is 0 Å². The summed E-state index contributed by atoms with van der Waals surface area (Å²) in [6.07, 6.45) is 0. The smallest absolute Gasteiger partial charge is 0.256 e. The van der Waals surface area contributed by atoms with Crippen molar-refractivity contribution in [1.29, 1.82) is 0 Å². The lowest BCUT2D eigenvalue weighted by Gasteiger charge is -2.07. The maximum absolute atomic E-state index is 13.0. The van der Waals surface area contributed by atoms with Crippen LogP contribution in [0.25, 0.3) is 0 Å². The normalized spacial score (nSPS) is 10.3. The first kappa shape index (κ1) is 14.4. The van der Waals surface area contributed by atoms with Gasteiger partial charge < -0.3 is 5.32 Å². The molecule has 0 saturated carbocycles. The number of anilines is 1. The fraction of sp³-hybridized carbons (Fsp3) is 0. The highest BCUT2D eigenvalue weighted by Gasteiger charge is 2.12. The van der Waals surface area contributed by atoms with Crippen molar-refractivity contribution in [3.63, 3.8) is 0 Å². The van der Waals surface area contributed by atoms with Crippen molar-refractivity contribution in [3.05, 3.63) is 61.6 Å². The Balaban J connectivity index is 2.25. The molecule has 0 aliphatic carbocycles. The Bertz CT molecular complexity index is 649. The summed E-state index contributed by atoms with van der Waals surface area (Å²) in [5.41, 5.74) is 0.631. The molecule has 0 bridgehead atoms. The lowest BCUT2D eigenvalue weighted by Crippen LogP contribution is -2.13. The molecule has 0 unspecified atom stereocenters. The minimum absolute atomic E-state index is 0.203. The van der Waals surface area contributed by atoms with Crippen LogP contribution in [0, 0.1) is 15.2 Å². The van der Waals surface area contributed by atoms with E-state index in [1.807, 2.05) is 6.07 Å². The Kier molecular flexibility index (Phi) is 4.51. The van der Waals surface area contributed by atoms with Crippen LogP contribution in [0.3, 0.4) is 0 Å². The maximum Gasteiger partial charge on any atom is 0.256 e. The number of amides is 1. The second-order valence-corrected chi connectivity index (χ2v) is 5.81. The molecular weight excluding hydrogens is 431 g/mol. The van der Waals surface area contributed by atoms with Gasteiger partial charge in [-0.3, -0.25) is 4.79 Å². The van der Waals surface area contributed by atoms with E-state index in [1.165, 1.54) is 6.07 Å². The third-order valence-electron chi connectivity index (χ3n) is 2.35. The predicted octanol–water partition coefficient (Wildman–Crippen LogP) is 4.58.